The molecule has 0 bridgehead atoms. The van der Waals surface area contributed by atoms with Gasteiger partial charge in [-0.1, -0.05) is 39.0 Å². The minimum atomic E-state index is -0.744. The molecule has 130 valence electrons. The summed E-state index contributed by atoms with van der Waals surface area (Å²) >= 11 is 0. The van der Waals surface area contributed by atoms with Gasteiger partial charge in [-0.2, -0.15) is 5.10 Å². The van der Waals surface area contributed by atoms with E-state index in [-0.39, 0.29) is 11.3 Å². The molecule has 0 heterocycles. The maximum Gasteiger partial charge on any atom is 0.271 e. The molecule has 1 amide bonds. The zero-order chi connectivity index (χ0) is 18.6. The fraction of sp³-hybridized carbons (Fsp3) is 0.222. The Balaban J connectivity index is 2.03. The third kappa shape index (κ3) is 4.63. The molecule has 0 radical (unpaired) electrons. The molecule has 2 aromatic carbocycles. The van der Waals surface area contributed by atoms with E-state index in [9.17, 15) is 20.0 Å². The summed E-state index contributed by atoms with van der Waals surface area (Å²) < 4.78 is 0. The molecular formula is C18H18N3O4-. The highest BCUT2D eigenvalue weighted by molar-refractivity contribution is 5.95. The van der Waals surface area contributed by atoms with Crippen molar-refractivity contribution >= 4 is 17.8 Å². The van der Waals surface area contributed by atoms with Gasteiger partial charge in [0.05, 0.1) is 11.1 Å². The molecule has 0 saturated carbocycles. The summed E-state index contributed by atoms with van der Waals surface area (Å²) in [5.41, 5.74) is 3.79. The van der Waals surface area contributed by atoms with Gasteiger partial charge in [0.25, 0.3) is 11.6 Å². The Morgan fingerprint density at radius 2 is 1.80 bits per heavy atom. The lowest BCUT2D eigenvalue weighted by atomic mass is 9.87. The first kappa shape index (κ1) is 18.1. The van der Waals surface area contributed by atoms with Crippen LogP contribution < -0.4 is 10.5 Å². The van der Waals surface area contributed by atoms with Crippen molar-refractivity contribution in [3.05, 3.63) is 69.3 Å². The van der Waals surface area contributed by atoms with Gasteiger partial charge in [0, 0.05) is 11.6 Å². The molecule has 0 spiro atoms. The number of amides is 1. The van der Waals surface area contributed by atoms with Gasteiger partial charge in [0.15, 0.2) is 0 Å². The first-order valence-electron chi connectivity index (χ1n) is 7.58. The van der Waals surface area contributed by atoms with E-state index in [2.05, 4.69) is 31.3 Å². The second-order valence-electron chi connectivity index (χ2n) is 6.51. The number of hydrogen-bond acceptors (Lipinski definition) is 5. The highest BCUT2D eigenvalue weighted by Gasteiger charge is 2.14. The summed E-state index contributed by atoms with van der Waals surface area (Å²) in [7, 11) is 0. The quantitative estimate of drug-likeness (QED) is 0.524. The highest BCUT2D eigenvalue weighted by Crippen LogP contribution is 2.23. The van der Waals surface area contributed by atoms with E-state index in [1.54, 1.807) is 12.1 Å². The van der Waals surface area contributed by atoms with Gasteiger partial charge in [-0.05, 0) is 40.5 Å². The molecule has 0 aliphatic rings. The fourth-order valence-corrected chi connectivity index (χ4v) is 2.11. The SMILES string of the molecule is CC(C)(C)c1ccc(C(=O)N/N=C\c2ccc([N+](=O)[O-])c([O-])c2)cc1. The average Bonchev–Trinajstić information content (AvgIpc) is 2.54. The number of hydrazone groups is 1. The molecule has 0 aliphatic heterocycles. The van der Waals surface area contributed by atoms with E-state index >= 15 is 0 Å². The van der Waals surface area contributed by atoms with Crippen molar-refractivity contribution in [3.63, 3.8) is 0 Å². The first-order valence-corrected chi connectivity index (χ1v) is 7.58. The van der Waals surface area contributed by atoms with Crippen LogP contribution in [0.25, 0.3) is 0 Å². The third-order valence-corrected chi connectivity index (χ3v) is 3.57. The van der Waals surface area contributed by atoms with Crippen LogP contribution in [0.5, 0.6) is 5.75 Å². The largest absolute Gasteiger partial charge is 0.868 e. The monoisotopic (exact) mass is 340 g/mol. The van der Waals surface area contributed by atoms with Crippen molar-refractivity contribution in [3.8, 4) is 5.75 Å². The Morgan fingerprint density at radius 1 is 1.16 bits per heavy atom. The van der Waals surface area contributed by atoms with Gasteiger partial charge in [0.2, 0.25) is 0 Å². The van der Waals surface area contributed by atoms with Crippen molar-refractivity contribution < 1.29 is 14.8 Å². The van der Waals surface area contributed by atoms with Crippen molar-refractivity contribution in [2.24, 2.45) is 5.10 Å². The first-order chi connectivity index (χ1) is 11.7. The normalized spacial score (nSPS) is 11.5. The third-order valence-electron chi connectivity index (χ3n) is 3.57. The van der Waals surface area contributed by atoms with E-state index in [0.29, 0.717) is 11.1 Å². The van der Waals surface area contributed by atoms with Gasteiger partial charge < -0.3 is 5.11 Å². The molecule has 0 aromatic heterocycles. The van der Waals surface area contributed by atoms with Crippen LogP contribution in [-0.4, -0.2) is 17.0 Å². The molecule has 2 aromatic rings. The Labute approximate surface area is 145 Å². The number of nitro benzene ring substituents is 1. The average molecular weight is 340 g/mol. The van der Waals surface area contributed by atoms with Crippen molar-refractivity contribution in [2.75, 3.05) is 0 Å². The summed E-state index contributed by atoms with van der Waals surface area (Å²) in [6.45, 7) is 6.25. The summed E-state index contributed by atoms with van der Waals surface area (Å²) in [5, 5.41) is 25.9. The second-order valence-corrected chi connectivity index (χ2v) is 6.51. The Hall–Kier alpha value is -3.22. The zero-order valence-electron chi connectivity index (χ0n) is 14.1. The molecule has 0 unspecified atom stereocenters. The lowest BCUT2D eigenvalue weighted by Gasteiger charge is -2.18. The molecule has 2 rings (SSSR count). The van der Waals surface area contributed by atoms with Crippen LogP contribution in [0.15, 0.2) is 47.6 Å². The van der Waals surface area contributed by atoms with Crippen molar-refractivity contribution in [1.82, 2.24) is 5.43 Å². The van der Waals surface area contributed by atoms with Crippen molar-refractivity contribution in [1.29, 1.82) is 0 Å². The highest BCUT2D eigenvalue weighted by atomic mass is 16.6. The number of nitro groups is 1. The number of nitrogens with one attached hydrogen (secondary N) is 1. The van der Waals surface area contributed by atoms with Gasteiger partial charge in [0.1, 0.15) is 0 Å². The molecule has 1 N–H and O–H groups in total. The van der Waals surface area contributed by atoms with E-state index in [1.807, 2.05) is 12.1 Å². The fourth-order valence-electron chi connectivity index (χ4n) is 2.11. The summed E-state index contributed by atoms with van der Waals surface area (Å²) in [4.78, 5) is 21.9. The smallest absolute Gasteiger partial charge is 0.271 e. The molecule has 7 nitrogen and oxygen atoms in total. The number of hydrogen-bond donors (Lipinski definition) is 1. The molecule has 0 saturated heterocycles. The van der Waals surface area contributed by atoms with E-state index in [0.717, 1.165) is 17.7 Å². The lowest BCUT2D eigenvalue weighted by Crippen LogP contribution is -2.18. The van der Waals surface area contributed by atoms with Gasteiger partial charge in [-0.3, -0.25) is 14.9 Å². The van der Waals surface area contributed by atoms with Crippen LogP contribution in [0.2, 0.25) is 0 Å². The Bertz CT molecular complexity index is 821. The Kier molecular flexibility index (Phi) is 5.17. The van der Waals surface area contributed by atoms with Crippen molar-refractivity contribution in [2.45, 2.75) is 26.2 Å². The Morgan fingerprint density at radius 3 is 2.32 bits per heavy atom. The van der Waals surface area contributed by atoms with Gasteiger partial charge >= 0.3 is 0 Å². The van der Waals surface area contributed by atoms with Crippen LogP contribution in [0.1, 0.15) is 42.3 Å². The van der Waals surface area contributed by atoms with E-state index < -0.39 is 16.4 Å². The molecule has 0 aliphatic carbocycles. The van der Waals surface area contributed by atoms with E-state index in [4.69, 9.17) is 0 Å². The van der Waals surface area contributed by atoms with Crippen LogP contribution >= 0.6 is 0 Å². The van der Waals surface area contributed by atoms with Crippen LogP contribution in [0.3, 0.4) is 0 Å². The number of benzene rings is 2. The number of carbonyl (C=O) groups excluding carboxylic acids is 1. The van der Waals surface area contributed by atoms with Crippen LogP contribution in [0.4, 0.5) is 5.69 Å². The van der Waals surface area contributed by atoms with Gasteiger partial charge in [-0.15, -0.1) is 0 Å². The van der Waals surface area contributed by atoms with Gasteiger partial charge in [-0.25, -0.2) is 5.43 Å². The predicted octanol–water partition coefficient (Wildman–Crippen LogP) is 2.73. The standard InChI is InChI=1S/C18H19N3O4/c1-18(2,3)14-7-5-13(6-8-14)17(23)20-19-11-12-4-9-15(21(24)25)16(22)10-12/h4-11,22H,1-3H3,(H,20,23)/p-1/b19-11-. The summed E-state index contributed by atoms with van der Waals surface area (Å²) in [6, 6.07) is 10.8. The number of rotatable bonds is 4. The van der Waals surface area contributed by atoms with Crippen LogP contribution in [-0.2, 0) is 5.41 Å². The van der Waals surface area contributed by atoms with Crippen LogP contribution in [0, 0.1) is 10.1 Å². The maximum absolute atomic E-state index is 12.0. The summed E-state index contributed by atoms with van der Waals surface area (Å²) in [5.74, 6) is -1.10. The maximum atomic E-state index is 12.0. The second kappa shape index (κ2) is 7.12. The number of nitrogens with zero attached hydrogens (tertiary/aromatic N) is 2. The molecular weight excluding hydrogens is 322 g/mol. The minimum absolute atomic E-state index is 0.000876. The zero-order valence-corrected chi connectivity index (χ0v) is 14.1. The predicted molar refractivity (Wildman–Crippen MR) is 92.7 cm³/mol. The molecule has 25 heavy (non-hydrogen) atoms. The topological polar surface area (TPSA) is 108 Å². The lowest BCUT2D eigenvalue weighted by molar-refractivity contribution is -0.398. The molecule has 0 fully saturated rings. The summed E-state index contributed by atoms with van der Waals surface area (Å²) in [6.07, 6.45) is 1.26. The minimum Gasteiger partial charge on any atom is -0.868 e. The molecule has 7 heteroatoms. The van der Waals surface area contributed by atoms with E-state index in [1.165, 1.54) is 12.3 Å². The molecule has 0 atom stereocenters. The number of carbonyl (C=O) groups is 1.